The van der Waals surface area contributed by atoms with E-state index in [4.69, 9.17) is 5.11 Å². The average molecular weight is 231 g/mol. The summed E-state index contributed by atoms with van der Waals surface area (Å²) in [5, 5.41) is 13.3. The van der Waals surface area contributed by atoms with Crippen LogP contribution in [0.5, 0.6) is 0 Å². The number of thioether (sulfide) groups is 1. The van der Waals surface area contributed by atoms with Crippen LogP contribution >= 0.6 is 11.8 Å². The first kappa shape index (κ1) is 13.3. The van der Waals surface area contributed by atoms with Crippen molar-refractivity contribution in [2.75, 3.05) is 18.9 Å². The van der Waals surface area contributed by atoms with Crippen molar-refractivity contribution in [3.8, 4) is 0 Å². The van der Waals surface area contributed by atoms with Gasteiger partial charge in [-0.2, -0.15) is 11.8 Å². The Hall–Kier alpha value is 0.270. The Bertz CT molecular complexity index is 184. The van der Waals surface area contributed by atoms with Crippen molar-refractivity contribution >= 4 is 11.8 Å². The first-order chi connectivity index (χ1) is 7.05. The Morgan fingerprint density at radius 2 is 2.20 bits per heavy atom. The predicted octanol–water partition coefficient (Wildman–Crippen LogP) is 2.27. The minimum atomic E-state index is 0.315. The lowest BCUT2D eigenvalue weighted by Gasteiger charge is -2.28. The van der Waals surface area contributed by atoms with E-state index >= 15 is 0 Å². The maximum absolute atomic E-state index is 8.83. The molecule has 0 bridgehead atoms. The molecule has 90 valence electrons. The van der Waals surface area contributed by atoms with Crippen LogP contribution in [0.15, 0.2) is 0 Å². The maximum atomic E-state index is 8.83. The molecule has 0 aromatic carbocycles. The zero-order chi connectivity index (χ0) is 11.3. The van der Waals surface area contributed by atoms with Crippen LogP contribution in [0.4, 0.5) is 0 Å². The van der Waals surface area contributed by atoms with Crippen molar-refractivity contribution in [1.82, 2.24) is 5.32 Å². The van der Waals surface area contributed by atoms with Crippen LogP contribution in [0.2, 0.25) is 0 Å². The van der Waals surface area contributed by atoms with E-state index < -0.39 is 0 Å². The van der Waals surface area contributed by atoms with Crippen LogP contribution in [0.25, 0.3) is 0 Å². The highest BCUT2D eigenvalue weighted by Gasteiger charge is 2.26. The van der Waals surface area contributed by atoms with E-state index in [2.05, 4.69) is 37.8 Å². The molecule has 1 aliphatic rings. The van der Waals surface area contributed by atoms with E-state index in [0.29, 0.717) is 18.1 Å². The fourth-order valence-corrected chi connectivity index (χ4v) is 3.28. The Kier molecular flexibility index (Phi) is 5.44. The molecule has 0 radical (unpaired) electrons. The molecule has 3 heteroatoms. The molecule has 1 rings (SSSR count). The van der Waals surface area contributed by atoms with E-state index in [-0.39, 0.29) is 0 Å². The third-order valence-electron chi connectivity index (χ3n) is 3.23. The molecule has 2 unspecified atom stereocenters. The van der Waals surface area contributed by atoms with Gasteiger partial charge in [-0.05, 0) is 30.4 Å². The summed E-state index contributed by atoms with van der Waals surface area (Å²) in [6.45, 7) is 8.27. The number of rotatable bonds is 6. The smallest absolute Gasteiger partial charge is 0.0431 e. The van der Waals surface area contributed by atoms with Crippen LogP contribution in [-0.2, 0) is 0 Å². The van der Waals surface area contributed by atoms with Crippen LogP contribution in [0.3, 0.4) is 0 Å². The molecule has 0 saturated carbocycles. The normalized spacial score (nSPS) is 27.2. The molecular formula is C12H25NOS. The van der Waals surface area contributed by atoms with Gasteiger partial charge in [-0.1, -0.05) is 20.8 Å². The molecule has 0 aromatic rings. The van der Waals surface area contributed by atoms with Crippen LogP contribution < -0.4 is 5.32 Å². The van der Waals surface area contributed by atoms with Gasteiger partial charge in [-0.15, -0.1) is 0 Å². The molecule has 1 fully saturated rings. The number of aliphatic hydroxyl groups excluding tert-OH is 1. The summed E-state index contributed by atoms with van der Waals surface area (Å²) >= 11 is 2.07. The summed E-state index contributed by atoms with van der Waals surface area (Å²) in [7, 11) is 0. The van der Waals surface area contributed by atoms with Gasteiger partial charge in [-0.3, -0.25) is 0 Å². The standard InChI is InChI=1S/C12H25NOS/c1-10-11(5-8-15-10)13-9-12(2,3)6-4-7-14/h10-11,13-14H,4-9H2,1-3H3. The molecule has 2 atom stereocenters. The highest BCUT2D eigenvalue weighted by molar-refractivity contribution is 8.00. The SMILES string of the molecule is CC1SCCC1NCC(C)(C)CCCO. The third kappa shape index (κ3) is 4.75. The summed E-state index contributed by atoms with van der Waals surface area (Å²) in [6, 6.07) is 0.698. The minimum Gasteiger partial charge on any atom is -0.396 e. The summed E-state index contributed by atoms with van der Waals surface area (Å²) in [4.78, 5) is 0. The fraction of sp³-hybridized carbons (Fsp3) is 1.00. The second kappa shape index (κ2) is 6.12. The van der Waals surface area contributed by atoms with Crippen LogP contribution in [0.1, 0.15) is 40.0 Å². The van der Waals surface area contributed by atoms with Crippen molar-refractivity contribution < 1.29 is 5.11 Å². The van der Waals surface area contributed by atoms with Crippen LogP contribution in [-0.4, -0.2) is 35.3 Å². The molecule has 0 amide bonds. The highest BCUT2D eigenvalue weighted by Crippen LogP contribution is 2.28. The van der Waals surface area contributed by atoms with Gasteiger partial charge in [0.05, 0.1) is 0 Å². The van der Waals surface area contributed by atoms with Gasteiger partial charge in [-0.25, -0.2) is 0 Å². The number of aliphatic hydroxyl groups is 1. The molecule has 15 heavy (non-hydrogen) atoms. The van der Waals surface area contributed by atoms with Crippen molar-refractivity contribution in [3.63, 3.8) is 0 Å². The summed E-state index contributed by atoms with van der Waals surface area (Å²) in [5.74, 6) is 1.30. The second-order valence-corrected chi connectivity index (χ2v) is 6.83. The Balaban J connectivity index is 2.22. The third-order valence-corrected chi connectivity index (χ3v) is 4.56. The number of hydrogen-bond acceptors (Lipinski definition) is 3. The molecule has 2 nitrogen and oxygen atoms in total. The second-order valence-electron chi connectivity index (χ2n) is 5.34. The average Bonchev–Trinajstić information content (AvgIpc) is 2.58. The monoisotopic (exact) mass is 231 g/mol. The zero-order valence-corrected chi connectivity index (χ0v) is 11.1. The Labute approximate surface area is 98.2 Å². The van der Waals surface area contributed by atoms with E-state index in [1.165, 1.54) is 12.2 Å². The van der Waals surface area contributed by atoms with Gasteiger partial charge < -0.3 is 10.4 Å². The summed E-state index contributed by atoms with van der Waals surface area (Å²) in [5.41, 5.74) is 0.315. The predicted molar refractivity (Wildman–Crippen MR) is 68.4 cm³/mol. The van der Waals surface area contributed by atoms with Gasteiger partial charge in [0.2, 0.25) is 0 Å². The maximum Gasteiger partial charge on any atom is 0.0431 e. The van der Waals surface area contributed by atoms with Crippen molar-refractivity contribution in [1.29, 1.82) is 0 Å². The quantitative estimate of drug-likeness (QED) is 0.735. The zero-order valence-electron chi connectivity index (χ0n) is 10.3. The van der Waals surface area contributed by atoms with E-state index in [1.807, 2.05) is 0 Å². The summed E-state index contributed by atoms with van der Waals surface area (Å²) < 4.78 is 0. The molecule has 0 spiro atoms. The van der Waals surface area contributed by atoms with Crippen molar-refractivity contribution in [2.45, 2.75) is 51.3 Å². The van der Waals surface area contributed by atoms with Gasteiger partial charge in [0.25, 0.3) is 0 Å². The first-order valence-electron chi connectivity index (χ1n) is 6.01. The molecular weight excluding hydrogens is 206 g/mol. The van der Waals surface area contributed by atoms with Gasteiger partial charge >= 0.3 is 0 Å². The Morgan fingerprint density at radius 3 is 2.73 bits per heavy atom. The Morgan fingerprint density at radius 1 is 1.47 bits per heavy atom. The first-order valence-corrected chi connectivity index (χ1v) is 7.06. The lowest BCUT2D eigenvalue weighted by molar-refractivity contribution is 0.231. The van der Waals surface area contributed by atoms with Gasteiger partial charge in [0, 0.05) is 24.4 Å². The molecule has 1 heterocycles. The number of nitrogens with one attached hydrogen (secondary N) is 1. The highest BCUT2D eigenvalue weighted by atomic mass is 32.2. The molecule has 0 aromatic heterocycles. The molecule has 2 N–H and O–H groups in total. The van der Waals surface area contributed by atoms with Crippen LogP contribution in [0, 0.1) is 5.41 Å². The van der Waals surface area contributed by atoms with E-state index in [9.17, 15) is 0 Å². The lowest BCUT2D eigenvalue weighted by Crippen LogP contribution is -2.39. The summed E-state index contributed by atoms with van der Waals surface area (Å²) in [6.07, 6.45) is 3.33. The van der Waals surface area contributed by atoms with E-state index in [1.54, 1.807) is 0 Å². The molecule has 1 aliphatic heterocycles. The minimum absolute atomic E-state index is 0.315. The van der Waals surface area contributed by atoms with Gasteiger partial charge in [0.1, 0.15) is 0 Å². The van der Waals surface area contributed by atoms with Gasteiger partial charge in [0.15, 0.2) is 0 Å². The van der Waals surface area contributed by atoms with E-state index in [0.717, 1.165) is 24.6 Å². The lowest BCUT2D eigenvalue weighted by atomic mass is 9.87. The van der Waals surface area contributed by atoms with Crippen molar-refractivity contribution in [3.05, 3.63) is 0 Å². The van der Waals surface area contributed by atoms with Crippen molar-refractivity contribution in [2.24, 2.45) is 5.41 Å². The molecule has 1 saturated heterocycles. The molecule has 0 aliphatic carbocycles. The largest absolute Gasteiger partial charge is 0.396 e. The fourth-order valence-electron chi connectivity index (χ4n) is 2.05. The topological polar surface area (TPSA) is 32.3 Å². The number of hydrogen-bond donors (Lipinski definition) is 2.